The van der Waals surface area contributed by atoms with E-state index in [1.54, 1.807) is 36.3 Å². The Hall–Kier alpha value is -2.09. The molecule has 3 amide bonds. The first-order valence-electron chi connectivity index (χ1n) is 9.94. The summed E-state index contributed by atoms with van der Waals surface area (Å²) in [6, 6.07) is 7.26. The van der Waals surface area contributed by atoms with Crippen LogP contribution in [-0.4, -0.2) is 62.8 Å². The van der Waals surface area contributed by atoms with E-state index in [1.807, 2.05) is 4.90 Å². The Morgan fingerprint density at radius 1 is 1.18 bits per heavy atom. The number of rotatable bonds is 3. The number of benzene rings is 1. The van der Waals surface area contributed by atoms with Crippen molar-refractivity contribution in [1.29, 1.82) is 0 Å². The highest BCUT2D eigenvalue weighted by Crippen LogP contribution is 2.42. The van der Waals surface area contributed by atoms with E-state index in [4.69, 9.17) is 4.74 Å². The minimum absolute atomic E-state index is 0.0290. The van der Waals surface area contributed by atoms with Crippen molar-refractivity contribution in [2.75, 3.05) is 31.3 Å². The van der Waals surface area contributed by atoms with Crippen LogP contribution in [-0.2, 0) is 15.6 Å². The van der Waals surface area contributed by atoms with Gasteiger partial charge in [0.2, 0.25) is 5.91 Å². The smallest absolute Gasteiger partial charge is 0.321 e. The molecule has 1 aromatic carbocycles. The van der Waals surface area contributed by atoms with Crippen LogP contribution in [0.15, 0.2) is 24.3 Å². The number of carbonyl (C=O) groups is 2. The van der Waals surface area contributed by atoms with E-state index in [2.05, 4.69) is 5.32 Å². The molecule has 0 radical (unpaired) electrons. The van der Waals surface area contributed by atoms with Gasteiger partial charge in [-0.1, -0.05) is 12.8 Å². The number of ether oxygens (including phenoxy) is 1. The third kappa shape index (κ3) is 3.38. The van der Waals surface area contributed by atoms with Crippen LogP contribution in [0.25, 0.3) is 0 Å². The van der Waals surface area contributed by atoms with Gasteiger partial charge in [0.05, 0.1) is 17.9 Å². The van der Waals surface area contributed by atoms with Crippen LogP contribution in [0, 0.1) is 0 Å². The Balaban J connectivity index is 1.41. The van der Waals surface area contributed by atoms with Crippen LogP contribution >= 0.6 is 0 Å². The lowest BCUT2D eigenvalue weighted by Gasteiger charge is -2.45. The van der Waals surface area contributed by atoms with E-state index in [1.165, 1.54) is 0 Å². The van der Waals surface area contributed by atoms with Crippen LogP contribution in [0.4, 0.5) is 10.5 Å². The molecule has 0 aromatic heterocycles. The molecular weight excluding hydrogens is 378 g/mol. The Kier molecular flexibility index (Phi) is 5.31. The molecule has 1 aliphatic carbocycles. The molecule has 0 bridgehead atoms. The zero-order chi connectivity index (χ0) is 19.7. The molecule has 152 valence electrons. The maximum absolute atomic E-state index is 12.9. The molecule has 1 atom stereocenters. The molecule has 3 aliphatic rings. The van der Waals surface area contributed by atoms with E-state index >= 15 is 0 Å². The van der Waals surface area contributed by atoms with Crippen LogP contribution in [0.2, 0.25) is 0 Å². The molecule has 2 saturated heterocycles. The average molecular weight is 406 g/mol. The first kappa shape index (κ1) is 19.2. The molecule has 1 spiro atoms. The second kappa shape index (κ2) is 7.73. The van der Waals surface area contributed by atoms with Crippen LogP contribution < -0.4 is 10.1 Å². The number of hydrogen-bond donors (Lipinski definition) is 1. The van der Waals surface area contributed by atoms with Crippen LogP contribution in [0.5, 0.6) is 5.75 Å². The topological polar surface area (TPSA) is 79.0 Å². The van der Waals surface area contributed by atoms with Crippen LogP contribution in [0.3, 0.4) is 0 Å². The van der Waals surface area contributed by atoms with Crippen molar-refractivity contribution in [1.82, 2.24) is 9.80 Å². The zero-order valence-corrected chi connectivity index (χ0v) is 17.0. The third-order valence-electron chi connectivity index (χ3n) is 6.25. The standard InChI is InChI=1S/C20H27N3O4S/c1-27-17-8-6-15(7-9-17)21-19(25)22-12-10-20(11-13-22)23(16-4-2-3-5-16)18(24)14-28(20)26/h6-9,16H,2-5,10-14H2,1H3,(H,21,25). The molecule has 4 rings (SSSR count). The number of carbonyl (C=O) groups excluding carboxylic acids is 2. The number of likely N-dealkylation sites (tertiary alicyclic amines) is 1. The lowest BCUT2D eigenvalue weighted by atomic mass is 9.99. The number of hydrogen-bond acceptors (Lipinski definition) is 4. The molecule has 1 unspecified atom stereocenters. The number of urea groups is 1. The van der Waals surface area contributed by atoms with Gasteiger partial charge in [-0.2, -0.15) is 0 Å². The molecule has 2 aliphatic heterocycles. The van der Waals surface area contributed by atoms with Gasteiger partial charge in [-0.05, 0) is 37.1 Å². The summed E-state index contributed by atoms with van der Waals surface area (Å²) in [5, 5.41) is 2.90. The Labute approximate surface area is 167 Å². The summed E-state index contributed by atoms with van der Waals surface area (Å²) in [7, 11) is 0.411. The van der Waals surface area contributed by atoms with Crippen molar-refractivity contribution in [3.05, 3.63) is 24.3 Å². The molecule has 8 heteroatoms. The molecular formula is C20H27N3O4S. The molecule has 28 heavy (non-hydrogen) atoms. The second-order valence-corrected chi connectivity index (χ2v) is 9.52. The van der Waals surface area contributed by atoms with E-state index in [0.29, 0.717) is 31.6 Å². The van der Waals surface area contributed by atoms with Gasteiger partial charge >= 0.3 is 6.03 Å². The number of amides is 3. The molecule has 7 nitrogen and oxygen atoms in total. The predicted molar refractivity (Wildman–Crippen MR) is 108 cm³/mol. The van der Waals surface area contributed by atoms with Gasteiger partial charge in [-0.3, -0.25) is 9.00 Å². The van der Waals surface area contributed by atoms with E-state index in [9.17, 15) is 13.8 Å². The SMILES string of the molecule is COc1ccc(NC(=O)N2CCC3(CC2)N(C2CCCC2)C(=O)CS3=O)cc1. The lowest BCUT2D eigenvalue weighted by molar-refractivity contribution is -0.133. The van der Waals surface area contributed by atoms with E-state index in [-0.39, 0.29) is 23.7 Å². The van der Waals surface area contributed by atoms with Crippen molar-refractivity contribution >= 4 is 28.4 Å². The summed E-state index contributed by atoms with van der Waals surface area (Å²) >= 11 is 0. The molecule has 1 N–H and O–H groups in total. The van der Waals surface area contributed by atoms with Crippen molar-refractivity contribution < 1.29 is 18.5 Å². The van der Waals surface area contributed by atoms with Gasteiger partial charge in [0.1, 0.15) is 16.4 Å². The highest BCUT2D eigenvalue weighted by atomic mass is 32.2. The lowest BCUT2D eigenvalue weighted by Crippen LogP contribution is -2.58. The van der Waals surface area contributed by atoms with Gasteiger partial charge in [0.15, 0.2) is 0 Å². The van der Waals surface area contributed by atoms with Gasteiger partial charge < -0.3 is 19.9 Å². The second-order valence-electron chi connectivity index (χ2n) is 7.78. The summed E-state index contributed by atoms with van der Waals surface area (Å²) < 4.78 is 18.0. The van der Waals surface area contributed by atoms with Crippen LogP contribution in [0.1, 0.15) is 38.5 Å². The number of methoxy groups -OCH3 is 1. The summed E-state index contributed by atoms with van der Waals surface area (Å²) in [4.78, 5) is 28.3. The fourth-order valence-electron chi connectivity index (χ4n) is 4.76. The van der Waals surface area contributed by atoms with E-state index in [0.717, 1.165) is 31.4 Å². The zero-order valence-electron chi connectivity index (χ0n) is 16.2. The largest absolute Gasteiger partial charge is 0.497 e. The maximum atomic E-state index is 12.9. The van der Waals surface area contributed by atoms with Crippen molar-refractivity contribution in [2.24, 2.45) is 0 Å². The van der Waals surface area contributed by atoms with E-state index < -0.39 is 15.7 Å². The fourth-order valence-corrected chi connectivity index (χ4v) is 6.50. The number of piperidine rings is 1. The highest BCUT2D eigenvalue weighted by molar-refractivity contribution is 7.87. The summed E-state index contributed by atoms with van der Waals surface area (Å²) in [6.45, 7) is 1.01. The first-order chi connectivity index (χ1) is 13.5. The van der Waals surface area contributed by atoms with Crippen molar-refractivity contribution in [2.45, 2.75) is 49.4 Å². The molecule has 3 fully saturated rings. The molecule has 1 saturated carbocycles. The van der Waals surface area contributed by atoms with Crippen molar-refractivity contribution in [3.8, 4) is 5.75 Å². The van der Waals surface area contributed by atoms with Gasteiger partial charge in [-0.25, -0.2) is 4.79 Å². The minimum atomic E-state index is -1.19. The Morgan fingerprint density at radius 3 is 2.43 bits per heavy atom. The number of anilines is 1. The normalized spacial score (nSPS) is 24.8. The fraction of sp³-hybridized carbons (Fsp3) is 0.600. The van der Waals surface area contributed by atoms with Gasteiger partial charge in [0, 0.05) is 37.7 Å². The summed E-state index contributed by atoms with van der Waals surface area (Å²) in [5.74, 6) is 0.897. The predicted octanol–water partition coefficient (Wildman–Crippen LogP) is 2.55. The average Bonchev–Trinajstić information content (AvgIpc) is 3.30. The Bertz CT molecular complexity index is 768. The van der Waals surface area contributed by atoms with Gasteiger partial charge in [-0.15, -0.1) is 0 Å². The first-order valence-corrected chi connectivity index (χ1v) is 11.3. The summed E-state index contributed by atoms with van der Waals surface area (Å²) in [6.07, 6.45) is 5.44. The maximum Gasteiger partial charge on any atom is 0.321 e. The van der Waals surface area contributed by atoms with Crippen molar-refractivity contribution in [3.63, 3.8) is 0 Å². The van der Waals surface area contributed by atoms with Gasteiger partial charge in [0.25, 0.3) is 0 Å². The molecule has 1 aromatic rings. The molecule has 2 heterocycles. The quantitative estimate of drug-likeness (QED) is 0.838. The summed E-state index contributed by atoms with van der Waals surface area (Å²) in [5.41, 5.74) is 0.707. The number of nitrogens with one attached hydrogen (secondary N) is 1. The number of nitrogens with zero attached hydrogens (tertiary/aromatic N) is 2. The minimum Gasteiger partial charge on any atom is -0.497 e. The highest BCUT2D eigenvalue weighted by Gasteiger charge is 2.55. The Morgan fingerprint density at radius 2 is 1.82 bits per heavy atom. The third-order valence-corrected chi connectivity index (χ3v) is 8.21. The monoisotopic (exact) mass is 405 g/mol.